The lowest BCUT2D eigenvalue weighted by atomic mass is 9.76. The number of carbonyl (C=O) groups is 2. The van der Waals surface area contributed by atoms with Gasteiger partial charge in [0.05, 0.1) is 12.1 Å². The summed E-state index contributed by atoms with van der Waals surface area (Å²) in [5.41, 5.74) is 7.83. The van der Waals surface area contributed by atoms with Gasteiger partial charge in [0.2, 0.25) is 11.8 Å². The molecule has 6 heteroatoms. The van der Waals surface area contributed by atoms with Crippen LogP contribution in [0, 0.1) is 11.8 Å². The van der Waals surface area contributed by atoms with Crippen LogP contribution in [0.5, 0.6) is 0 Å². The Labute approximate surface area is 178 Å². The van der Waals surface area contributed by atoms with Gasteiger partial charge < -0.3 is 20.9 Å². The summed E-state index contributed by atoms with van der Waals surface area (Å²) in [6, 6.07) is 10.0. The molecule has 2 aromatic rings. The van der Waals surface area contributed by atoms with E-state index < -0.39 is 6.04 Å². The molecule has 1 saturated heterocycles. The molecule has 1 aliphatic carbocycles. The van der Waals surface area contributed by atoms with E-state index in [0.29, 0.717) is 12.3 Å². The predicted molar refractivity (Wildman–Crippen MR) is 119 cm³/mol. The van der Waals surface area contributed by atoms with E-state index in [1.807, 2.05) is 12.1 Å². The van der Waals surface area contributed by atoms with Gasteiger partial charge in [-0.25, -0.2) is 0 Å². The van der Waals surface area contributed by atoms with Gasteiger partial charge in [-0.3, -0.25) is 9.59 Å². The molecule has 162 valence electrons. The molecular weight excluding hydrogens is 376 g/mol. The number of nitrogens with one attached hydrogen (secondary N) is 2. The molecule has 2 heterocycles. The molecule has 1 saturated carbocycles. The monoisotopic (exact) mass is 410 g/mol. The molecule has 1 aromatic carbocycles. The summed E-state index contributed by atoms with van der Waals surface area (Å²) in [5, 5.41) is 4.21. The number of benzene rings is 1. The highest BCUT2D eigenvalue weighted by Crippen LogP contribution is 2.39. The number of hydrogen-bond donors (Lipinski definition) is 3. The summed E-state index contributed by atoms with van der Waals surface area (Å²) in [7, 11) is 1.75. The first-order valence-corrected chi connectivity index (χ1v) is 11.4. The van der Waals surface area contributed by atoms with Gasteiger partial charge in [0, 0.05) is 23.7 Å². The molecule has 2 aliphatic rings. The Bertz CT molecular complexity index is 853. The highest BCUT2D eigenvalue weighted by atomic mass is 16.2. The predicted octanol–water partition coefficient (Wildman–Crippen LogP) is 3.49. The molecule has 1 aliphatic heterocycles. The van der Waals surface area contributed by atoms with Crippen LogP contribution in [0.25, 0.3) is 10.9 Å². The number of nitrogens with zero attached hydrogens (tertiary/aromatic N) is 1. The SMILES string of the molecule is CNC(CC(C(=O)N1CCCC1c1cc2ccccc2[nH]1)C1CCCCC1)C(N)=O. The number of likely N-dealkylation sites (N-methyl/N-ethyl adjacent to an activating group) is 1. The van der Waals surface area contributed by atoms with Crippen LogP contribution >= 0.6 is 0 Å². The third-order valence-electron chi connectivity index (χ3n) is 7.16. The fourth-order valence-electron chi connectivity index (χ4n) is 5.50. The van der Waals surface area contributed by atoms with E-state index in [9.17, 15) is 9.59 Å². The quantitative estimate of drug-likeness (QED) is 0.652. The molecule has 0 spiro atoms. The summed E-state index contributed by atoms with van der Waals surface area (Å²) in [5.74, 6) is 0.00916. The number of aromatic nitrogens is 1. The maximum atomic E-state index is 13.8. The Morgan fingerprint density at radius 2 is 1.93 bits per heavy atom. The fraction of sp³-hybridized carbons (Fsp3) is 0.583. The number of likely N-dealkylation sites (tertiary alicyclic amines) is 1. The second kappa shape index (κ2) is 9.21. The summed E-state index contributed by atoms with van der Waals surface area (Å²) < 4.78 is 0. The molecule has 2 fully saturated rings. The summed E-state index contributed by atoms with van der Waals surface area (Å²) in [6.07, 6.45) is 8.18. The molecule has 6 nitrogen and oxygen atoms in total. The highest BCUT2D eigenvalue weighted by Gasteiger charge is 2.39. The van der Waals surface area contributed by atoms with Gasteiger partial charge in [0.25, 0.3) is 0 Å². The van der Waals surface area contributed by atoms with Gasteiger partial charge in [-0.15, -0.1) is 0 Å². The number of H-pyrrole nitrogens is 1. The van der Waals surface area contributed by atoms with Crippen LogP contribution in [0.2, 0.25) is 0 Å². The molecule has 1 aromatic heterocycles. The minimum atomic E-state index is -0.463. The van der Waals surface area contributed by atoms with Crippen molar-refractivity contribution < 1.29 is 9.59 Å². The van der Waals surface area contributed by atoms with Gasteiger partial charge in [-0.1, -0.05) is 37.5 Å². The topological polar surface area (TPSA) is 91.2 Å². The van der Waals surface area contributed by atoms with Gasteiger partial charge in [-0.05, 0) is 62.6 Å². The van der Waals surface area contributed by atoms with Crippen molar-refractivity contribution in [3.8, 4) is 0 Å². The Hall–Kier alpha value is -2.34. The van der Waals surface area contributed by atoms with E-state index in [0.717, 1.165) is 43.4 Å². The minimum absolute atomic E-state index is 0.0811. The maximum absolute atomic E-state index is 13.8. The second-order valence-corrected chi connectivity index (χ2v) is 8.99. The Balaban J connectivity index is 1.59. The first-order valence-electron chi connectivity index (χ1n) is 11.4. The van der Waals surface area contributed by atoms with Crippen LogP contribution < -0.4 is 11.1 Å². The van der Waals surface area contributed by atoms with Gasteiger partial charge >= 0.3 is 0 Å². The van der Waals surface area contributed by atoms with Gasteiger partial charge in [0.1, 0.15) is 0 Å². The second-order valence-electron chi connectivity index (χ2n) is 8.99. The normalized spacial score (nSPS) is 22.3. The van der Waals surface area contributed by atoms with Crippen molar-refractivity contribution in [2.75, 3.05) is 13.6 Å². The Morgan fingerprint density at radius 3 is 2.63 bits per heavy atom. The third kappa shape index (κ3) is 4.24. The zero-order valence-electron chi connectivity index (χ0n) is 17.9. The summed E-state index contributed by atoms with van der Waals surface area (Å²) in [6.45, 7) is 0.781. The number of carbonyl (C=O) groups excluding carboxylic acids is 2. The number of hydrogen-bond acceptors (Lipinski definition) is 3. The highest BCUT2D eigenvalue weighted by molar-refractivity contribution is 5.84. The van der Waals surface area contributed by atoms with E-state index >= 15 is 0 Å². The minimum Gasteiger partial charge on any atom is -0.368 e. The van der Waals surface area contributed by atoms with Crippen LogP contribution in [-0.4, -0.2) is 41.3 Å². The first-order chi connectivity index (χ1) is 14.6. The van der Waals surface area contributed by atoms with Crippen molar-refractivity contribution in [1.82, 2.24) is 15.2 Å². The molecule has 3 atom stereocenters. The summed E-state index contributed by atoms with van der Waals surface area (Å²) >= 11 is 0. The largest absolute Gasteiger partial charge is 0.368 e. The van der Waals surface area contributed by atoms with Crippen molar-refractivity contribution in [2.45, 2.75) is 63.5 Å². The van der Waals surface area contributed by atoms with Crippen molar-refractivity contribution >= 4 is 22.7 Å². The van der Waals surface area contributed by atoms with Gasteiger partial charge in [-0.2, -0.15) is 0 Å². The third-order valence-corrected chi connectivity index (χ3v) is 7.16. The van der Waals surface area contributed by atoms with E-state index in [-0.39, 0.29) is 23.8 Å². The number of nitrogens with two attached hydrogens (primary N) is 1. The average molecular weight is 411 g/mol. The van der Waals surface area contributed by atoms with Crippen LogP contribution in [0.4, 0.5) is 0 Å². The molecule has 3 unspecified atom stereocenters. The molecular formula is C24H34N4O2. The van der Waals surface area contributed by atoms with E-state index in [1.54, 1.807) is 7.05 Å². The average Bonchev–Trinajstić information content (AvgIpc) is 3.41. The van der Waals surface area contributed by atoms with Crippen molar-refractivity contribution in [3.05, 3.63) is 36.0 Å². The Morgan fingerprint density at radius 1 is 1.17 bits per heavy atom. The first kappa shape index (κ1) is 20.9. The molecule has 4 N–H and O–H groups in total. The number of rotatable bonds is 7. The van der Waals surface area contributed by atoms with Gasteiger partial charge in [0.15, 0.2) is 0 Å². The number of primary amides is 1. The van der Waals surface area contributed by atoms with E-state index in [2.05, 4.69) is 33.4 Å². The van der Waals surface area contributed by atoms with Crippen molar-refractivity contribution in [3.63, 3.8) is 0 Å². The zero-order valence-corrected chi connectivity index (χ0v) is 17.9. The smallest absolute Gasteiger partial charge is 0.234 e. The number of para-hydroxylation sites is 1. The van der Waals surface area contributed by atoms with Crippen molar-refractivity contribution in [2.24, 2.45) is 17.6 Å². The van der Waals surface area contributed by atoms with Crippen LogP contribution in [0.1, 0.15) is 63.1 Å². The standard InChI is InChI=1S/C24H34N4O2/c1-26-21(23(25)29)15-18(16-8-3-2-4-9-16)24(30)28-13-7-12-22(28)20-14-17-10-5-6-11-19(17)27-20/h5-6,10-11,14,16,18,21-22,26-27H,2-4,7-9,12-13,15H2,1H3,(H2,25,29). The zero-order chi connectivity index (χ0) is 21.1. The molecule has 0 bridgehead atoms. The van der Waals surface area contributed by atoms with Crippen LogP contribution in [0.15, 0.2) is 30.3 Å². The lowest BCUT2D eigenvalue weighted by Gasteiger charge is -2.35. The van der Waals surface area contributed by atoms with Crippen molar-refractivity contribution in [1.29, 1.82) is 0 Å². The molecule has 0 radical (unpaired) electrons. The number of aromatic amines is 1. The maximum Gasteiger partial charge on any atom is 0.234 e. The van der Waals surface area contributed by atoms with E-state index in [1.165, 1.54) is 24.6 Å². The number of fused-ring (bicyclic) bond motifs is 1. The molecule has 2 amide bonds. The fourth-order valence-corrected chi connectivity index (χ4v) is 5.50. The molecule has 4 rings (SSSR count). The van der Waals surface area contributed by atoms with E-state index in [4.69, 9.17) is 5.73 Å². The summed E-state index contributed by atoms with van der Waals surface area (Å²) in [4.78, 5) is 31.4. The Kier molecular flexibility index (Phi) is 6.42. The molecule has 30 heavy (non-hydrogen) atoms. The van der Waals surface area contributed by atoms with Crippen LogP contribution in [0.3, 0.4) is 0 Å². The number of amides is 2. The lowest BCUT2D eigenvalue weighted by molar-refractivity contribution is -0.139. The lowest BCUT2D eigenvalue weighted by Crippen LogP contribution is -2.46. The van der Waals surface area contributed by atoms with Crippen LogP contribution in [-0.2, 0) is 9.59 Å².